The lowest BCUT2D eigenvalue weighted by molar-refractivity contribution is -0.144. The molecule has 2 aromatic rings. The Hall–Kier alpha value is -2.27. The van der Waals surface area contributed by atoms with Crippen LogP contribution in [0, 0.1) is 0 Å². The third-order valence-corrected chi connectivity index (χ3v) is 3.24. The van der Waals surface area contributed by atoms with Crippen LogP contribution in [0.25, 0.3) is 0 Å². The van der Waals surface area contributed by atoms with Crippen molar-refractivity contribution in [1.82, 2.24) is 4.98 Å². The summed E-state index contributed by atoms with van der Waals surface area (Å²) >= 11 is 6.07. The van der Waals surface area contributed by atoms with Crippen LogP contribution in [0.4, 0.5) is 0 Å². The summed E-state index contributed by atoms with van der Waals surface area (Å²) in [5.74, 6) is 0.778. The van der Waals surface area contributed by atoms with Crippen LogP contribution in [-0.2, 0) is 22.6 Å². The summed E-state index contributed by atoms with van der Waals surface area (Å²) in [6, 6.07) is 7.06. The molecular formula is C15H12ClNO4. The first-order valence-corrected chi connectivity index (χ1v) is 6.73. The number of carbonyl (C=O) groups is 1. The van der Waals surface area contributed by atoms with E-state index in [0.717, 1.165) is 11.1 Å². The molecule has 1 aliphatic heterocycles. The molecule has 108 valence electrons. The molecule has 0 saturated carbocycles. The highest BCUT2D eigenvalue weighted by molar-refractivity contribution is 6.32. The second-order valence-corrected chi connectivity index (χ2v) is 4.92. The van der Waals surface area contributed by atoms with Crippen LogP contribution in [0.15, 0.2) is 36.7 Å². The van der Waals surface area contributed by atoms with Crippen molar-refractivity contribution in [1.29, 1.82) is 0 Å². The molecule has 1 aliphatic rings. The number of hydrogen-bond acceptors (Lipinski definition) is 5. The van der Waals surface area contributed by atoms with Gasteiger partial charge in [-0.3, -0.25) is 9.78 Å². The lowest BCUT2D eigenvalue weighted by Crippen LogP contribution is -2.08. The lowest BCUT2D eigenvalue weighted by Gasteiger charge is -2.07. The van der Waals surface area contributed by atoms with Crippen molar-refractivity contribution in [2.45, 2.75) is 13.0 Å². The predicted octanol–water partition coefficient (Wildman–Crippen LogP) is 2.75. The van der Waals surface area contributed by atoms with Gasteiger partial charge in [-0.05, 0) is 29.3 Å². The smallest absolute Gasteiger partial charge is 0.310 e. The fourth-order valence-electron chi connectivity index (χ4n) is 1.99. The van der Waals surface area contributed by atoms with E-state index < -0.39 is 0 Å². The molecule has 0 spiro atoms. The van der Waals surface area contributed by atoms with Crippen molar-refractivity contribution in [3.63, 3.8) is 0 Å². The van der Waals surface area contributed by atoms with Gasteiger partial charge in [0.25, 0.3) is 0 Å². The summed E-state index contributed by atoms with van der Waals surface area (Å²) in [4.78, 5) is 15.7. The van der Waals surface area contributed by atoms with Crippen molar-refractivity contribution in [3.05, 3.63) is 52.8 Å². The number of hydrogen-bond donors (Lipinski definition) is 0. The fourth-order valence-corrected chi connectivity index (χ4v) is 2.28. The van der Waals surface area contributed by atoms with E-state index in [2.05, 4.69) is 4.98 Å². The normalized spacial score (nSPS) is 12.2. The Morgan fingerprint density at radius 3 is 3.05 bits per heavy atom. The predicted molar refractivity (Wildman–Crippen MR) is 75.3 cm³/mol. The van der Waals surface area contributed by atoms with Gasteiger partial charge in [-0.15, -0.1) is 0 Å². The first kappa shape index (κ1) is 13.7. The number of esters is 1. The van der Waals surface area contributed by atoms with E-state index in [1.807, 2.05) is 6.07 Å². The minimum Gasteiger partial charge on any atom is -0.461 e. The zero-order valence-corrected chi connectivity index (χ0v) is 11.8. The maximum atomic E-state index is 11.8. The number of rotatable bonds is 4. The largest absolute Gasteiger partial charge is 0.461 e. The average Bonchev–Trinajstić information content (AvgIpc) is 2.95. The zero-order chi connectivity index (χ0) is 14.7. The molecule has 1 aromatic carbocycles. The minimum atomic E-state index is -0.322. The van der Waals surface area contributed by atoms with Crippen molar-refractivity contribution in [2.75, 3.05) is 6.79 Å². The van der Waals surface area contributed by atoms with Gasteiger partial charge >= 0.3 is 5.97 Å². The highest BCUT2D eigenvalue weighted by atomic mass is 35.5. The van der Waals surface area contributed by atoms with Crippen LogP contribution < -0.4 is 9.47 Å². The summed E-state index contributed by atoms with van der Waals surface area (Å²) in [5.41, 5.74) is 1.56. The molecule has 5 nitrogen and oxygen atoms in total. The van der Waals surface area contributed by atoms with E-state index in [4.69, 9.17) is 25.8 Å². The summed E-state index contributed by atoms with van der Waals surface area (Å²) in [5, 5.41) is 0.448. The van der Waals surface area contributed by atoms with Gasteiger partial charge < -0.3 is 14.2 Å². The number of halogens is 1. The SMILES string of the molecule is O=C(Cc1cccnc1)OCc1cc(Cl)c2c(c1)OCO2. The monoisotopic (exact) mass is 305 g/mol. The van der Waals surface area contributed by atoms with Gasteiger partial charge in [0, 0.05) is 12.4 Å². The number of benzene rings is 1. The van der Waals surface area contributed by atoms with Gasteiger partial charge in [-0.1, -0.05) is 17.7 Å². The Morgan fingerprint density at radius 1 is 1.33 bits per heavy atom. The molecule has 0 atom stereocenters. The molecule has 21 heavy (non-hydrogen) atoms. The molecule has 0 aliphatic carbocycles. The number of aromatic nitrogens is 1. The maximum Gasteiger partial charge on any atom is 0.310 e. The van der Waals surface area contributed by atoms with Crippen LogP contribution in [0.3, 0.4) is 0 Å². The Balaban J connectivity index is 1.60. The van der Waals surface area contributed by atoms with E-state index in [1.165, 1.54) is 0 Å². The Labute approximate surface area is 126 Å². The molecule has 0 bridgehead atoms. The van der Waals surface area contributed by atoms with E-state index in [0.29, 0.717) is 16.5 Å². The number of fused-ring (bicyclic) bond motifs is 1. The first-order chi connectivity index (χ1) is 10.2. The van der Waals surface area contributed by atoms with Gasteiger partial charge in [0.15, 0.2) is 11.5 Å². The number of pyridine rings is 1. The third kappa shape index (κ3) is 3.25. The number of nitrogens with zero attached hydrogens (tertiary/aromatic N) is 1. The molecule has 6 heteroatoms. The molecule has 3 rings (SSSR count). The number of carbonyl (C=O) groups excluding carboxylic acids is 1. The molecule has 0 N–H and O–H groups in total. The van der Waals surface area contributed by atoms with Crippen molar-refractivity contribution < 1.29 is 19.0 Å². The summed E-state index contributed by atoms with van der Waals surface area (Å²) < 4.78 is 15.7. The van der Waals surface area contributed by atoms with Gasteiger partial charge in [-0.25, -0.2) is 0 Å². The van der Waals surface area contributed by atoms with Gasteiger partial charge in [-0.2, -0.15) is 0 Å². The molecule has 0 unspecified atom stereocenters. The van der Waals surface area contributed by atoms with Crippen molar-refractivity contribution in [3.8, 4) is 11.5 Å². The highest BCUT2D eigenvalue weighted by Crippen LogP contribution is 2.39. The highest BCUT2D eigenvalue weighted by Gasteiger charge is 2.18. The molecule has 0 amide bonds. The Morgan fingerprint density at radius 2 is 2.24 bits per heavy atom. The second-order valence-electron chi connectivity index (χ2n) is 4.51. The molecule has 0 radical (unpaired) electrons. The van der Waals surface area contributed by atoms with Crippen LogP contribution in [0.2, 0.25) is 5.02 Å². The molecular weight excluding hydrogens is 294 g/mol. The van der Waals surface area contributed by atoms with Gasteiger partial charge in [0.1, 0.15) is 6.61 Å². The molecule has 1 aromatic heterocycles. The van der Waals surface area contributed by atoms with Crippen LogP contribution in [0.1, 0.15) is 11.1 Å². The van der Waals surface area contributed by atoms with Crippen molar-refractivity contribution in [2.24, 2.45) is 0 Å². The average molecular weight is 306 g/mol. The summed E-state index contributed by atoms with van der Waals surface area (Å²) in [6.45, 7) is 0.286. The fraction of sp³-hybridized carbons (Fsp3) is 0.200. The Kier molecular flexibility index (Phi) is 3.92. The van der Waals surface area contributed by atoms with E-state index in [9.17, 15) is 4.79 Å². The van der Waals surface area contributed by atoms with Crippen molar-refractivity contribution >= 4 is 17.6 Å². The van der Waals surface area contributed by atoms with Crippen LogP contribution >= 0.6 is 11.6 Å². The lowest BCUT2D eigenvalue weighted by atomic mass is 10.2. The second kappa shape index (κ2) is 6.01. The third-order valence-electron chi connectivity index (χ3n) is 2.96. The van der Waals surface area contributed by atoms with E-state index in [1.54, 1.807) is 30.6 Å². The molecule has 0 saturated heterocycles. The quantitative estimate of drug-likeness (QED) is 0.813. The maximum absolute atomic E-state index is 11.8. The van der Waals surface area contributed by atoms with Gasteiger partial charge in [0.2, 0.25) is 6.79 Å². The molecule has 0 fully saturated rings. The Bertz CT molecular complexity index is 660. The van der Waals surface area contributed by atoms with Gasteiger partial charge in [0.05, 0.1) is 11.4 Å². The first-order valence-electron chi connectivity index (χ1n) is 6.35. The van der Waals surface area contributed by atoms with E-state index in [-0.39, 0.29) is 25.8 Å². The zero-order valence-electron chi connectivity index (χ0n) is 11.0. The standard InChI is InChI=1S/C15H12ClNO4/c16-12-4-11(5-13-15(12)21-9-20-13)8-19-14(18)6-10-2-1-3-17-7-10/h1-5,7H,6,8-9H2. The van der Waals surface area contributed by atoms with Crippen LogP contribution in [-0.4, -0.2) is 17.7 Å². The van der Waals surface area contributed by atoms with E-state index >= 15 is 0 Å². The number of ether oxygens (including phenoxy) is 3. The molecule has 2 heterocycles. The van der Waals surface area contributed by atoms with Crippen LogP contribution in [0.5, 0.6) is 11.5 Å². The topological polar surface area (TPSA) is 57.7 Å². The summed E-state index contributed by atoms with van der Waals surface area (Å²) in [7, 11) is 0. The minimum absolute atomic E-state index is 0.134. The summed E-state index contributed by atoms with van der Waals surface area (Å²) in [6.07, 6.45) is 3.48.